The van der Waals surface area contributed by atoms with Crippen LogP contribution in [-0.2, 0) is 6.42 Å². The van der Waals surface area contributed by atoms with Gasteiger partial charge in [0.2, 0.25) is 0 Å². The fourth-order valence-corrected chi connectivity index (χ4v) is 2.63. The summed E-state index contributed by atoms with van der Waals surface area (Å²) in [6.45, 7) is 0. The second-order valence-electron chi connectivity index (χ2n) is 4.03. The third kappa shape index (κ3) is 3.10. The summed E-state index contributed by atoms with van der Waals surface area (Å²) in [5.41, 5.74) is 5.31. The van der Waals surface area contributed by atoms with Crippen LogP contribution in [0.5, 0.6) is 0 Å². The van der Waals surface area contributed by atoms with Gasteiger partial charge in [0.1, 0.15) is 0 Å². The number of rotatable bonds is 5. The van der Waals surface area contributed by atoms with E-state index in [1.807, 2.05) is 24.4 Å². The number of nitrogens with two attached hydrogens (primary N) is 1. The molecule has 0 radical (unpaired) electrons. The summed E-state index contributed by atoms with van der Waals surface area (Å²) in [4.78, 5) is 5.39. The SMILES string of the molecule is CSc1ccccc1C(Cc1cccnc1)NN. The lowest BCUT2D eigenvalue weighted by Gasteiger charge is -2.19. The molecular weight excluding hydrogens is 242 g/mol. The Bertz CT molecular complexity index is 487. The highest BCUT2D eigenvalue weighted by Gasteiger charge is 2.13. The van der Waals surface area contributed by atoms with Crippen LogP contribution in [-0.4, -0.2) is 11.2 Å². The van der Waals surface area contributed by atoms with Crippen LogP contribution in [0.3, 0.4) is 0 Å². The largest absolute Gasteiger partial charge is 0.271 e. The predicted octanol–water partition coefficient (Wildman–Crippen LogP) is 2.55. The van der Waals surface area contributed by atoms with E-state index in [-0.39, 0.29) is 6.04 Å². The highest BCUT2D eigenvalue weighted by atomic mass is 32.2. The van der Waals surface area contributed by atoms with Gasteiger partial charge in [-0.2, -0.15) is 0 Å². The van der Waals surface area contributed by atoms with Crippen molar-refractivity contribution in [2.75, 3.05) is 6.26 Å². The molecule has 2 rings (SSSR count). The fraction of sp³-hybridized carbons (Fsp3) is 0.214. The Kier molecular flexibility index (Phi) is 4.75. The molecule has 0 saturated heterocycles. The van der Waals surface area contributed by atoms with Crippen molar-refractivity contribution in [2.45, 2.75) is 17.4 Å². The molecule has 94 valence electrons. The van der Waals surface area contributed by atoms with Crippen molar-refractivity contribution in [3.63, 3.8) is 0 Å². The topological polar surface area (TPSA) is 50.9 Å². The highest BCUT2D eigenvalue weighted by molar-refractivity contribution is 7.98. The van der Waals surface area contributed by atoms with E-state index in [2.05, 4.69) is 34.9 Å². The number of benzene rings is 1. The van der Waals surface area contributed by atoms with Crippen molar-refractivity contribution < 1.29 is 0 Å². The number of hydrazine groups is 1. The second-order valence-corrected chi connectivity index (χ2v) is 4.87. The quantitative estimate of drug-likeness (QED) is 0.492. The van der Waals surface area contributed by atoms with Gasteiger partial charge in [0.15, 0.2) is 0 Å². The average molecular weight is 259 g/mol. The molecule has 1 unspecified atom stereocenters. The predicted molar refractivity (Wildman–Crippen MR) is 76.2 cm³/mol. The third-order valence-electron chi connectivity index (χ3n) is 2.88. The van der Waals surface area contributed by atoms with Crippen LogP contribution in [0.4, 0.5) is 0 Å². The molecule has 0 fully saturated rings. The number of thioether (sulfide) groups is 1. The fourth-order valence-electron chi connectivity index (χ4n) is 1.97. The molecule has 0 aliphatic heterocycles. The van der Waals surface area contributed by atoms with Gasteiger partial charge in [-0.3, -0.25) is 16.3 Å². The van der Waals surface area contributed by atoms with Gasteiger partial charge in [-0.1, -0.05) is 24.3 Å². The normalized spacial score (nSPS) is 12.3. The highest BCUT2D eigenvalue weighted by Crippen LogP contribution is 2.27. The number of nitrogens with one attached hydrogen (secondary N) is 1. The maximum absolute atomic E-state index is 5.70. The monoisotopic (exact) mass is 259 g/mol. The number of nitrogens with zero attached hydrogens (tertiary/aromatic N) is 1. The molecule has 2 aromatic rings. The van der Waals surface area contributed by atoms with Gasteiger partial charge in [0.05, 0.1) is 6.04 Å². The van der Waals surface area contributed by atoms with E-state index in [0.717, 1.165) is 6.42 Å². The molecule has 0 saturated carbocycles. The molecule has 0 spiro atoms. The first kappa shape index (κ1) is 13.1. The number of hydrogen-bond donors (Lipinski definition) is 2. The van der Waals surface area contributed by atoms with E-state index in [1.54, 1.807) is 18.0 Å². The Morgan fingerprint density at radius 2 is 2.11 bits per heavy atom. The van der Waals surface area contributed by atoms with E-state index < -0.39 is 0 Å². The van der Waals surface area contributed by atoms with Crippen molar-refractivity contribution in [3.8, 4) is 0 Å². The molecule has 1 aromatic heterocycles. The van der Waals surface area contributed by atoms with E-state index in [4.69, 9.17) is 5.84 Å². The molecular formula is C14H17N3S. The molecule has 0 amide bonds. The first-order chi connectivity index (χ1) is 8.85. The van der Waals surface area contributed by atoms with Crippen LogP contribution in [0, 0.1) is 0 Å². The molecule has 4 heteroatoms. The molecule has 3 N–H and O–H groups in total. The Balaban J connectivity index is 2.23. The number of aromatic nitrogens is 1. The van der Waals surface area contributed by atoms with E-state index in [9.17, 15) is 0 Å². The number of pyridine rings is 1. The molecule has 18 heavy (non-hydrogen) atoms. The van der Waals surface area contributed by atoms with Crippen molar-refractivity contribution in [2.24, 2.45) is 5.84 Å². The van der Waals surface area contributed by atoms with Crippen LogP contribution in [0.25, 0.3) is 0 Å². The summed E-state index contributed by atoms with van der Waals surface area (Å²) in [5.74, 6) is 5.70. The summed E-state index contributed by atoms with van der Waals surface area (Å²) in [6.07, 6.45) is 6.58. The van der Waals surface area contributed by atoms with Crippen LogP contribution in [0.1, 0.15) is 17.2 Å². The Labute approximate surface area is 112 Å². The minimum Gasteiger partial charge on any atom is -0.271 e. The minimum absolute atomic E-state index is 0.109. The molecule has 1 atom stereocenters. The second kappa shape index (κ2) is 6.54. The Morgan fingerprint density at radius 1 is 1.28 bits per heavy atom. The van der Waals surface area contributed by atoms with E-state index in [1.165, 1.54) is 16.0 Å². The Hall–Kier alpha value is -1.36. The summed E-state index contributed by atoms with van der Waals surface area (Å²) in [6, 6.07) is 12.5. The van der Waals surface area contributed by atoms with Crippen molar-refractivity contribution in [3.05, 3.63) is 59.9 Å². The van der Waals surface area contributed by atoms with E-state index >= 15 is 0 Å². The lowest BCUT2D eigenvalue weighted by molar-refractivity contribution is 0.543. The van der Waals surface area contributed by atoms with Gasteiger partial charge < -0.3 is 0 Å². The van der Waals surface area contributed by atoms with Crippen molar-refractivity contribution >= 4 is 11.8 Å². The lowest BCUT2D eigenvalue weighted by Crippen LogP contribution is -2.30. The van der Waals surface area contributed by atoms with Gasteiger partial charge in [-0.05, 0) is 35.9 Å². The van der Waals surface area contributed by atoms with Crippen molar-refractivity contribution in [1.29, 1.82) is 0 Å². The third-order valence-corrected chi connectivity index (χ3v) is 3.69. The van der Waals surface area contributed by atoms with Gasteiger partial charge in [0.25, 0.3) is 0 Å². The van der Waals surface area contributed by atoms with Crippen LogP contribution in [0.15, 0.2) is 53.7 Å². The smallest absolute Gasteiger partial charge is 0.0511 e. The average Bonchev–Trinajstić information content (AvgIpc) is 2.46. The summed E-state index contributed by atoms with van der Waals surface area (Å²) in [5, 5.41) is 0. The summed E-state index contributed by atoms with van der Waals surface area (Å²) in [7, 11) is 0. The van der Waals surface area contributed by atoms with E-state index in [0.29, 0.717) is 0 Å². The Morgan fingerprint density at radius 3 is 2.78 bits per heavy atom. The van der Waals surface area contributed by atoms with Gasteiger partial charge in [-0.25, -0.2) is 0 Å². The van der Waals surface area contributed by atoms with Crippen molar-refractivity contribution in [1.82, 2.24) is 10.4 Å². The number of hydrogen-bond acceptors (Lipinski definition) is 4. The zero-order valence-electron chi connectivity index (χ0n) is 10.3. The standard InChI is InChI=1S/C14H17N3S/c1-18-14-7-3-2-6-12(14)13(17-15)9-11-5-4-8-16-10-11/h2-8,10,13,17H,9,15H2,1H3. The van der Waals surface area contributed by atoms with Gasteiger partial charge >= 0.3 is 0 Å². The zero-order valence-corrected chi connectivity index (χ0v) is 11.2. The molecule has 0 aliphatic rings. The minimum atomic E-state index is 0.109. The first-order valence-electron chi connectivity index (χ1n) is 5.83. The van der Waals surface area contributed by atoms with Crippen LogP contribution >= 0.6 is 11.8 Å². The molecule has 0 bridgehead atoms. The summed E-state index contributed by atoms with van der Waals surface area (Å²) >= 11 is 1.74. The molecule has 1 heterocycles. The van der Waals surface area contributed by atoms with Gasteiger partial charge in [0, 0.05) is 17.3 Å². The first-order valence-corrected chi connectivity index (χ1v) is 7.05. The molecule has 3 nitrogen and oxygen atoms in total. The van der Waals surface area contributed by atoms with Crippen LogP contribution in [0.2, 0.25) is 0 Å². The maximum atomic E-state index is 5.70. The summed E-state index contributed by atoms with van der Waals surface area (Å²) < 4.78 is 0. The lowest BCUT2D eigenvalue weighted by atomic mass is 10.0. The van der Waals surface area contributed by atoms with Crippen LogP contribution < -0.4 is 11.3 Å². The maximum Gasteiger partial charge on any atom is 0.0511 e. The molecule has 0 aliphatic carbocycles. The van der Waals surface area contributed by atoms with Gasteiger partial charge in [-0.15, -0.1) is 11.8 Å². The molecule has 1 aromatic carbocycles. The zero-order chi connectivity index (χ0) is 12.8.